The number of carbonyl (C=O) groups excluding carboxylic acids is 1. The van der Waals surface area contributed by atoms with Crippen LogP contribution in [0.3, 0.4) is 0 Å². The first kappa shape index (κ1) is 16.6. The molecule has 2 aromatic heterocycles. The number of aromatic amines is 2. The van der Waals surface area contributed by atoms with E-state index in [0.29, 0.717) is 18.0 Å². The van der Waals surface area contributed by atoms with Gasteiger partial charge >= 0.3 is 5.69 Å². The standard InChI is InChI=1S/C19H23N5O2/c1-24-11-14(17(23-24)13-5-3-2-4-6-13)18(25)20-10-12-7-8-15-16(9-12)22-19(26)21-15/h7-9,11,13H,2-6,10H2,1H3,(H,20,25)(H2,21,22,26). The van der Waals surface area contributed by atoms with Gasteiger partial charge in [-0.05, 0) is 30.5 Å². The van der Waals surface area contributed by atoms with E-state index in [2.05, 4.69) is 20.4 Å². The third-order valence-corrected chi connectivity index (χ3v) is 5.13. The second-order valence-corrected chi connectivity index (χ2v) is 7.08. The van der Waals surface area contributed by atoms with E-state index < -0.39 is 0 Å². The average Bonchev–Trinajstić information content (AvgIpc) is 3.21. The molecule has 3 N–H and O–H groups in total. The van der Waals surface area contributed by atoms with Crippen molar-refractivity contribution >= 4 is 16.9 Å². The molecule has 0 unspecified atom stereocenters. The number of H-pyrrole nitrogens is 2. The van der Waals surface area contributed by atoms with Gasteiger partial charge in [0, 0.05) is 25.7 Å². The van der Waals surface area contributed by atoms with E-state index in [9.17, 15) is 9.59 Å². The number of fused-ring (bicyclic) bond motifs is 1. The van der Waals surface area contributed by atoms with E-state index in [4.69, 9.17) is 0 Å². The lowest BCUT2D eigenvalue weighted by molar-refractivity contribution is 0.0949. The molecule has 1 aliphatic rings. The Bertz CT molecular complexity index is 991. The van der Waals surface area contributed by atoms with Gasteiger partial charge in [0.25, 0.3) is 5.91 Å². The van der Waals surface area contributed by atoms with Crippen molar-refractivity contribution in [3.05, 3.63) is 51.7 Å². The molecule has 0 atom stereocenters. The summed E-state index contributed by atoms with van der Waals surface area (Å²) in [5.74, 6) is 0.285. The van der Waals surface area contributed by atoms with Gasteiger partial charge in [-0.2, -0.15) is 5.10 Å². The molecule has 4 rings (SSSR count). The second kappa shape index (κ2) is 6.82. The van der Waals surface area contributed by atoms with Crippen LogP contribution in [0.2, 0.25) is 0 Å². The Morgan fingerprint density at radius 2 is 2.00 bits per heavy atom. The Morgan fingerprint density at radius 1 is 1.23 bits per heavy atom. The first-order valence-electron chi connectivity index (χ1n) is 9.13. The fraction of sp³-hybridized carbons (Fsp3) is 0.421. The Hall–Kier alpha value is -2.83. The molecule has 3 aromatic rings. The van der Waals surface area contributed by atoms with E-state index in [1.807, 2.05) is 31.4 Å². The van der Waals surface area contributed by atoms with Gasteiger partial charge in [0.1, 0.15) is 0 Å². The zero-order valence-corrected chi connectivity index (χ0v) is 14.8. The number of aromatic nitrogens is 4. The predicted molar refractivity (Wildman–Crippen MR) is 99.1 cm³/mol. The molecule has 1 aromatic carbocycles. The Morgan fingerprint density at radius 3 is 2.81 bits per heavy atom. The monoisotopic (exact) mass is 353 g/mol. The number of rotatable bonds is 4. The van der Waals surface area contributed by atoms with E-state index >= 15 is 0 Å². The largest absolute Gasteiger partial charge is 0.348 e. The molecule has 1 fully saturated rings. The van der Waals surface area contributed by atoms with Gasteiger partial charge in [-0.3, -0.25) is 9.48 Å². The third kappa shape index (κ3) is 3.29. The quantitative estimate of drug-likeness (QED) is 0.673. The Balaban J connectivity index is 1.49. The van der Waals surface area contributed by atoms with Crippen molar-refractivity contribution in [2.75, 3.05) is 0 Å². The number of nitrogens with zero attached hydrogens (tertiary/aromatic N) is 2. The lowest BCUT2D eigenvalue weighted by Gasteiger charge is -2.20. The molecule has 1 amide bonds. The van der Waals surface area contributed by atoms with Gasteiger partial charge < -0.3 is 15.3 Å². The van der Waals surface area contributed by atoms with Crippen molar-refractivity contribution in [2.45, 2.75) is 44.6 Å². The van der Waals surface area contributed by atoms with Crippen LogP contribution in [0.4, 0.5) is 0 Å². The summed E-state index contributed by atoms with van der Waals surface area (Å²) >= 11 is 0. The van der Waals surface area contributed by atoms with Crippen molar-refractivity contribution in [3.8, 4) is 0 Å². The lowest BCUT2D eigenvalue weighted by Crippen LogP contribution is -2.24. The summed E-state index contributed by atoms with van der Waals surface area (Å²) in [5, 5.41) is 7.55. The van der Waals surface area contributed by atoms with Crippen LogP contribution in [0.15, 0.2) is 29.2 Å². The van der Waals surface area contributed by atoms with Crippen molar-refractivity contribution in [3.63, 3.8) is 0 Å². The zero-order chi connectivity index (χ0) is 18.1. The van der Waals surface area contributed by atoms with E-state index in [-0.39, 0.29) is 11.6 Å². The molecule has 0 radical (unpaired) electrons. The van der Waals surface area contributed by atoms with Gasteiger partial charge in [-0.25, -0.2) is 4.79 Å². The minimum absolute atomic E-state index is 0.0960. The second-order valence-electron chi connectivity index (χ2n) is 7.08. The smallest absolute Gasteiger partial charge is 0.323 e. The van der Waals surface area contributed by atoms with Crippen LogP contribution >= 0.6 is 0 Å². The Labute approximate surface area is 150 Å². The molecule has 0 spiro atoms. The summed E-state index contributed by atoms with van der Waals surface area (Å²) in [5.41, 5.74) is 3.81. The summed E-state index contributed by atoms with van der Waals surface area (Å²) in [7, 11) is 1.86. The van der Waals surface area contributed by atoms with E-state index in [1.54, 1.807) is 4.68 Å². The van der Waals surface area contributed by atoms with Gasteiger partial charge in [0.15, 0.2) is 0 Å². The molecule has 1 aliphatic carbocycles. The summed E-state index contributed by atoms with van der Waals surface area (Å²) in [6.07, 6.45) is 7.71. The molecule has 2 heterocycles. The molecule has 1 saturated carbocycles. The summed E-state index contributed by atoms with van der Waals surface area (Å²) in [6.45, 7) is 0.404. The van der Waals surface area contributed by atoms with Crippen LogP contribution in [0.1, 0.15) is 59.6 Å². The van der Waals surface area contributed by atoms with Crippen LogP contribution < -0.4 is 11.0 Å². The zero-order valence-electron chi connectivity index (χ0n) is 14.8. The van der Waals surface area contributed by atoms with Crippen LogP contribution in [-0.4, -0.2) is 25.7 Å². The van der Waals surface area contributed by atoms with Crippen LogP contribution in [-0.2, 0) is 13.6 Å². The SMILES string of the molecule is Cn1cc(C(=O)NCc2ccc3[nH]c(=O)[nH]c3c2)c(C2CCCCC2)n1. The average molecular weight is 353 g/mol. The number of imidazole rings is 1. The van der Waals surface area contributed by atoms with Gasteiger partial charge in [0.05, 0.1) is 22.3 Å². The topological polar surface area (TPSA) is 95.6 Å². The number of hydrogen-bond donors (Lipinski definition) is 3. The molecular formula is C19H23N5O2. The van der Waals surface area contributed by atoms with Crippen molar-refractivity contribution in [2.24, 2.45) is 7.05 Å². The maximum atomic E-state index is 12.7. The first-order valence-corrected chi connectivity index (χ1v) is 9.13. The fourth-order valence-corrected chi connectivity index (χ4v) is 3.83. The lowest BCUT2D eigenvalue weighted by atomic mass is 9.85. The molecular weight excluding hydrogens is 330 g/mol. The number of benzene rings is 1. The molecule has 7 heteroatoms. The number of aryl methyl sites for hydroxylation is 1. The highest BCUT2D eigenvalue weighted by Gasteiger charge is 2.24. The minimum atomic E-state index is -0.228. The first-order chi connectivity index (χ1) is 12.6. The predicted octanol–water partition coefficient (Wildman–Crippen LogP) is 2.57. The van der Waals surface area contributed by atoms with Crippen molar-refractivity contribution < 1.29 is 4.79 Å². The van der Waals surface area contributed by atoms with Crippen molar-refractivity contribution in [1.29, 1.82) is 0 Å². The highest BCUT2D eigenvalue weighted by atomic mass is 16.2. The van der Waals surface area contributed by atoms with Crippen LogP contribution in [0.5, 0.6) is 0 Å². The number of carbonyl (C=O) groups is 1. The normalized spacial score (nSPS) is 15.4. The summed E-state index contributed by atoms with van der Waals surface area (Å²) in [4.78, 5) is 29.5. The number of hydrogen-bond acceptors (Lipinski definition) is 3. The minimum Gasteiger partial charge on any atom is -0.348 e. The fourth-order valence-electron chi connectivity index (χ4n) is 3.83. The third-order valence-electron chi connectivity index (χ3n) is 5.13. The van der Waals surface area contributed by atoms with Gasteiger partial charge in [0.2, 0.25) is 0 Å². The van der Waals surface area contributed by atoms with E-state index in [0.717, 1.165) is 35.1 Å². The summed E-state index contributed by atoms with van der Waals surface area (Å²) < 4.78 is 1.73. The number of nitrogens with one attached hydrogen (secondary N) is 3. The molecule has 26 heavy (non-hydrogen) atoms. The number of amides is 1. The highest BCUT2D eigenvalue weighted by Crippen LogP contribution is 2.33. The van der Waals surface area contributed by atoms with Gasteiger partial charge in [-0.1, -0.05) is 25.3 Å². The molecule has 0 aliphatic heterocycles. The Kier molecular flexibility index (Phi) is 4.36. The molecule has 7 nitrogen and oxygen atoms in total. The molecule has 136 valence electrons. The van der Waals surface area contributed by atoms with Gasteiger partial charge in [-0.15, -0.1) is 0 Å². The highest BCUT2D eigenvalue weighted by molar-refractivity contribution is 5.95. The van der Waals surface area contributed by atoms with Crippen LogP contribution in [0.25, 0.3) is 11.0 Å². The maximum absolute atomic E-state index is 12.7. The van der Waals surface area contributed by atoms with Crippen LogP contribution in [0, 0.1) is 0 Å². The summed E-state index contributed by atoms with van der Waals surface area (Å²) in [6, 6.07) is 5.61. The molecule has 0 saturated heterocycles. The van der Waals surface area contributed by atoms with Crippen molar-refractivity contribution in [1.82, 2.24) is 25.1 Å². The maximum Gasteiger partial charge on any atom is 0.323 e. The van der Waals surface area contributed by atoms with E-state index in [1.165, 1.54) is 19.3 Å². The molecule has 0 bridgehead atoms.